The minimum absolute atomic E-state index is 0.0191. The van der Waals surface area contributed by atoms with Gasteiger partial charge in [0.25, 0.3) is 5.56 Å². The number of halogens is 1. The first kappa shape index (κ1) is 13.2. The number of aliphatic hydroxyl groups is 1. The van der Waals surface area contributed by atoms with E-state index in [1.165, 1.54) is 0 Å². The Balaban J connectivity index is 2.33. The van der Waals surface area contributed by atoms with Gasteiger partial charge < -0.3 is 5.11 Å². The molecule has 2 aromatic rings. The van der Waals surface area contributed by atoms with Crippen molar-refractivity contribution in [1.82, 2.24) is 9.55 Å². The lowest BCUT2D eigenvalue weighted by Gasteiger charge is -2.09. The van der Waals surface area contributed by atoms with Gasteiger partial charge in [-0.2, -0.15) is 0 Å². The molecular weight excluding hydrogens is 343 g/mol. The summed E-state index contributed by atoms with van der Waals surface area (Å²) in [6.45, 7) is 2.35. The first-order chi connectivity index (χ1) is 8.61. The zero-order valence-corrected chi connectivity index (χ0v) is 12.1. The molecule has 0 unspecified atom stereocenters. The molecule has 2 rings (SSSR count). The van der Waals surface area contributed by atoms with Crippen molar-refractivity contribution in [2.75, 3.05) is 0 Å². The molecule has 0 saturated carbocycles. The predicted molar refractivity (Wildman–Crippen MR) is 77.4 cm³/mol. The Morgan fingerprint density at radius 1 is 1.28 bits per heavy atom. The quantitative estimate of drug-likeness (QED) is 0.852. The SMILES string of the molecule is Cc1ncc(I)c(=O)n1Cc1ccc(CO)cc1. The second kappa shape index (κ2) is 5.62. The van der Waals surface area contributed by atoms with E-state index in [9.17, 15) is 4.79 Å². The molecule has 94 valence electrons. The number of hydrogen-bond acceptors (Lipinski definition) is 3. The van der Waals surface area contributed by atoms with E-state index >= 15 is 0 Å². The maximum atomic E-state index is 12.0. The Morgan fingerprint density at radius 2 is 1.89 bits per heavy atom. The maximum Gasteiger partial charge on any atom is 0.267 e. The average Bonchev–Trinajstić information content (AvgIpc) is 2.40. The van der Waals surface area contributed by atoms with Crippen molar-refractivity contribution in [1.29, 1.82) is 0 Å². The summed E-state index contributed by atoms with van der Waals surface area (Å²) in [5, 5.41) is 8.98. The van der Waals surface area contributed by atoms with Crippen molar-refractivity contribution in [2.24, 2.45) is 0 Å². The molecule has 1 heterocycles. The second-order valence-electron chi connectivity index (χ2n) is 4.02. The normalized spacial score (nSPS) is 10.6. The number of aliphatic hydroxyl groups excluding tert-OH is 1. The molecule has 1 aromatic carbocycles. The Kier molecular flexibility index (Phi) is 4.13. The molecule has 0 atom stereocenters. The van der Waals surface area contributed by atoms with E-state index in [2.05, 4.69) is 4.98 Å². The minimum atomic E-state index is -0.0191. The van der Waals surface area contributed by atoms with Crippen LogP contribution in [0.25, 0.3) is 0 Å². The summed E-state index contributed by atoms with van der Waals surface area (Å²) in [4.78, 5) is 16.2. The van der Waals surface area contributed by atoms with Crippen LogP contribution in [-0.2, 0) is 13.2 Å². The van der Waals surface area contributed by atoms with Crippen LogP contribution in [0.2, 0.25) is 0 Å². The molecule has 0 aliphatic heterocycles. The van der Waals surface area contributed by atoms with Gasteiger partial charge in [-0.15, -0.1) is 0 Å². The van der Waals surface area contributed by atoms with Crippen LogP contribution in [0, 0.1) is 10.5 Å². The largest absolute Gasteiger partial charge is 0.392 e. The highest BCUT2D eigenvalue weighted by molar-refractivity contribution is 14.1. The molecule has 18 heavy (non-hydrogen) atoms. The Hall–Kier alpha value is -1.21. The van der Waals surface area contributed by atoms with Gasteiger partial charge in [-0.3, -0.25) is 9.36 Å². The Morgan fingerprint density at radius 3 is 2.50 bits per heavy atom. The van der Waals surface area contributed by atoms with Crippen molar-refractivity contribution in [2.45, 2.75) is 20.1 Å². The van der Waals surface area contributed by atoms with Gasteiger partial charge in [0.05, 0.1) is 16.7 Å². The van der Waals surface area contributed by atoms with Crippen LogP contribution in [-0.4, -0.2) is 14.7 Å². The molecule has 0 spiro atoms. The summed E-state index contributed by atoms with van der Waals surface area (Å²) >= 11 is 1.99. The van der Waals surface area contributed by atoms with Crippen LogP contribution >= 0.6 is 22.6 Å². The maximum absolute atomic E-state index is 12.0. The number of hydrogen-bond donors (Lipinski definition) is 1. The van der Waals surface area contributed by atoms with Gasteiger partial charge in [0.15, 0.2) is 0 Å². The highest BCUT2D eigenvalue weighted by atomic mass is 127. The van der Waals surface area contributed by atoms with Crippen molar-refractivity contribution in [3.8, 4) is 0 Å². The number of aromatic nitrogens is 2. The fraction of sp³-hybridized carbons (Fsp3) is 0.231. The van der Waals surface area contributed by atoms with Crippen molar-refractivity contribution < 1.29 is 5.11 Å². The minimum Gasteiger partial charge on any atom is -0.392 e. The van der Waals surface area contributed by atoms with E-state index < -0.39 is 0 Å². The fourth-order valence-corrected chi connectivity index (χ4v) is 2.10. The predicted octanol–water partition coefficient (Wildman–Crippen LogP) is 1.70. The van der Waals surface area contributed by atoms with E-state index in [1.54, 1.807) is 10.8 Å². The summed E-state index contributed by atoms with van der Waals surface area (Å²) in [6.07, 6.45) is 1.59. The molecule has 0 bridgehead atoms. The third-order valence-corrected chi connectivity index (χ3v) is 3.49. The van der Waals surface area contributed by atoms with E-state index in [0.29, 0.717) is 15.9 Å². The van der Waals surface area contributed by atoms with Gasteiger partial charge in [0, 0.05) is 6.20 Å². The molecule has 0 fully saturated rings. The third kappa shape index (κ3) is 2.78. The summed E-state index contributed by atoms with van der Waals surface area (Å²) < 4.78 is 2.26. The van der Waals surface area contributed by atoms with Gasteiger partial charge in [-0.25, -0.2) is 4.98 Å². The smallest absolute Gasteiger partial charge is 0.267 e. The lowest BCUT2D eigenvalue weighted by atomic mass is 10.1. The van der Waals surface area contributed by atoms with Crippen LogP contribution in [0.15, 0.2) is 35.3 Å². The molecule has 0 amide bonds. The van der Waals surface area contributed by atoms with Gasteiger partial charge in [-0.05, 0) is 40.6 Å². The van der Waals surface area contributed by atoms with Gasteiger partial charge >= 0.3 is 0 Å². The zero-order chi connectivity index (χ0) is 13.1. The lowest BCUT2D eigenvalue weighted by molar-refractivity contribution is 0.282. The van der Waals surface area contributed by atoms with Gasteiger partial charge in [0.1, 0.15) is 5.82 Å². The highest BCUT2D eigenvalue weighted by Crippen LogP contribution is 2.07. The first-order valence-corrected chi connectivity index (χ1v) is 6.60. The van der Waals surface area contributed by atoms with Gasteiger partial charge in [-0.1, -0.05) is 24.3 Å². The monoisotopic (exact) mass is 356 g/mol. The molecule has 0 aliphatic carbocycles. The van der Waals surface area contributed by atoms with Crippen molar-refractivity contribution in [3.05, 3.63) is 61.3 Å². The standard InChI is InChI=1S/C13H13IN2O2/c1-9-15-6-12(14)13(18)16(9)7-10-2-4-11(8-17)5-3-10/h2-6,17H,7-8H2,1H3. The lowest BCUT2D eigenvalue weighted by Crippen LogP contribution is -2.26. The van der Waals surface area contributed by atoms with Crippen LogP contribution in [0.4, 0.5) is 0 Å². The van der Waals surface area contributed by atoms with Crippen molar-refractivity contribution >= 4 is 22.6 Å². The second-order valence-corrected chi connectivity index (χ2v) is 5.18. The molecular formula is C13H13IN2O2. The highest BCUT2D eigenvalue weighted by Gasteiger charge is 2.06. The topological polar surface area (TPSA) is 55.1 Å². The van der Waals surface area contributed by atoms with Crippen LogP contribution < -0.4 is 5.56 Å². The summed E-state index contributed by atoms with van der Waals surface area (Å²) in [6, 6.07) is 7.54. The summed E-state index contributed by atoms with van der Waals surface area (Å²) in [5.41, 5.74) is 1.86. The molecule has 1 aromatic heterocycles. The van der Waals surface area contributed by atoms with Crippen LogP contribution in [0.5, 0.6) is 0 Å². The summed E-state index contributed by atoms with van der Waals surface area (Å²) in [5.74, 6) is 0.701. The molecule has 0 saturated heterocycles. The molecule has 4 nitrogen and oxygen atoms in total. The molecule has 0 aliphatic rings. The van der Waals surface area contributed by atoms with E-state index in [-0.39, 0.29) is 12.2 Å². The van der Waals surface area contributed by atoms with Crippen LogP contribution in [0.3, 0.4) is 0 Å². The third-order valence-electron chi connectivity index (χ3n) is 2.75. The Bertz CT molecular complexity index is 605. The van der Waals surface area contributed by atoms with E-state index in [0.717, 1.165) is 11.1 Å². The molecule has 0 radical (unpaired) electrons. The van der Waals surface area contributed by atoms with E-state index in [4.69, 9.17) is 5.11 Å². The number of aryl methyl sites for hydroxylation is 1. The molecule has 1 N–H and O–H groups in total. The Labute approximate surface area is 118 Å². The number of benzene rings is 1. The number of rotatable bonds is 3. The van der Waals surface area contributed by atoms with Crippen molar-refractivity contribution in [3.63, 3.8) is 0 Å². The fourth-order valence-electron chi connectivity index (χ4n) is 1.67. The van der Waals surface area contributed by atoms with E-state index in [1.807, 2.05) is 53.8 Å². The summed E-state index contributed by atoms with van der Waals surface area (Å²) in [7, 11) is 0. The van der Waals surface area contributed by atoms with Crippen LogP contribution in [0.1, 0.15) is 17.0 Å². The average molecular weight is 356 g/mol. The van der Waals surface area contributed by atoms with Gasteiger partial charge in [0.2, 0.25) is 0 Å². The number of nitrogens with zero attached hydrogens (tertiary/aromatic N) is 2. The zero-order valence-electron chi connectivity index (χ0n) is 9.93. The molecule has 5 heteroatoms. The first-order valence-electron chi connectivity index (χ1n) is 5.52.